The van der Waals surface area contributed by atoms with Crippen LogP contribution in [0.2, 0.25) is 0 Å². The number of nitrogens with zero attached hydrogens (tertiary/aromatic N) is 1. The number of aromatic nitrogens is 1. The molecule has 1 N–H and O–H groups in total. The second-order valence-corrected chi connectivity index (χ2v) is 4.96. The summed E-state index contributed by atoms with van der Waals surface area (Å²) >= 11 is 4.60. The number of ether oxygens (including phenoxy) is 1. The molecule has 0 radical (unpaired) electrons. The number of halogens is 1. The van der Waals surface area contributed by atoms with Gasteiger partial charge in [0.2, 0.25) is 0 Å². The highest BCUT2D eigenvalue weighted by Crippen LogP contribution is 2.35. The van der Waals surface area contributed by atoms with E-state index in [9.17, 15) is 4.79 Å². The summed E-state index contributed by atoms with van der Waals surface area (Å²) in [7, 11) is 1.52. The largest absolute Gasteiger partial charge is 0.494 e. The van der Waals surface area contributed by atoms with Gasteiger partial charge in [0.05, 0.1) is 11.6 Å². The van der Waals surface area contributed by atoms with Crippen LogP contribution in [-0.2, 0) is 0 Å². The molecule has 5 nitrogen and oxygen atoms in total. The lowest BCUT2D eigenvalue weighted by Gasteiger charge is -2.02. The number of hydrogen-bond donors (Lipinski definition) is 1. The second-order valence-electron chi connectivity index (χ2n) is 3.22. The molecule has 2 aromatic rings. The number of methoxy groups -OCH3 is 1. The minimum atomic E-state index is -0.272. The molecule has 0 spiro atoms. The molecule has 0 fully saturated rings. The van der Waals surface area contributed by atoms with Crippen molar-refractivity contribution >= 4 is 39.0 Å². The minimum absolute atomic E-state index is 0.272. The summed E-state index contributed by atoms with van der Waals surface area (Å²) in [5.74, 6) is 1.28. The van der Waals surface area contributed by atoms with Crippen LogP contribution in [0.3, 0.4) is 0 Å². The van der Waals surface area contributed by atoms with Crippen molar-refractivity contribution in [2.24, 2.45) is 0 Å². The normalized spacial score (nSPS) is 10.3. The summed E-state index contributed by atoms with van der Waals surface area (Å²) in [6.45, 7) is 1.75. The molecule has 0 saturated carbocycles. The first-order chi connectivity index (χ1) is 8.11. The third-order valence-electron chi connectivity index (χ3n) is 1.98. The Morgan fingerprint density at radius 2 is 2.41 bits per heavy atom. The number of thiophene rings is 1. The Kier molecular flexibility index (Phi) is 3.49. The average Bonchev–Trinajstić information content (AvgIpc) is 2.84. The maximum Gasteiger partial charge on any atom is 0.270 e. The predicted molar refractivity (Wildman–Crippen MR) is 67.8 cm³/mol. The van der Waals surface area contributed by atoms with Crippen LogP contribution in [-0.4, -0.2) is 18.2 Å². The van der Waals surface area contributed by atoms with E-state index in [0.717, 1.165) is 4.47 Å². The molecule has 0 unspecified atom stereocenters. The minimum Gasteiger partial charge on any atom is -0.494 e. The molecule has 2 heterocycles. The van der Waals surface area contributed by atoms with Gasteiger partial charge < -0.3 is 14.6 Å². The van der Waals surface area contributed by atoms with E-state index in [1.807, 2.05) is 0 Å². The standard InChI is InChI=1S/C10H9BrN2O3S/c1-5-3-7(13-16-5)12-10(14)9-8(15-2)6(11)4-17-9/h3-4H,1-2H3,(H,12,13,14). The van der Waals surface area contributed by atoms with E-state index in [1.54, 1.807) is 18.4 Å². The van der Waals surface area contributed by atoms with Crippen molar-refractivity contribution in [3.8, 4) is 5.75 Å². The average molecular weight is 317 g/mol. The Balaban J connectivity index is 2.20. The van der Waals surface area contributed by atoms with Gasteiger partial charge in [-0.25, -0.2) is 0 Å². The molecule has 1 amide bonds. The predicted octanol–water partition coefficient (Wildman–Crippen LogP) is 3.07. The Labute approximate surface area is 110 Å². The van der Waals surface area contributed by atoms with Crippen molar-refractivity contribution < 1.29 is 14.1 Å². The Morgan fingerprint density at radius 1 is 1.65 bits per heavy atom. The number of hydrogen-bond acceptors (Lipinski definition) is 5. The van der Waals surface area contributed by atoms with Crippen LogP contribution in [0.5, 0.6) is 5.75 Å². The van der Waals surface area contributed by atoms with Crippen LogP contribution in [0.4, 0.5) is 5.82 Å². The van der Waals surface area contributed by atoms with Crippen molar-refractivity contribution in [1.82, 2.24) is 5.16 Å². The molecule has 2 aromatic heterocycles. The Bertz CT molecular complexity index is 549. The molecule has 0 aliphatic heterocycles. The third-order valence-corrected chi connectivity index (χ3v) is 3.84. The summed E-state index contributed by atoms with van der Waals surface area (Å²) in [4.78, 5) is 12.4. The number of rotatable bonds is 3. The summed E-state index contributed by atoms with van der Waals surface area (Å²) in [5.41, 5.74) is 0. The zero-order chi connectivity index (χ0) is 12.4. The van der Waals surface area contributed by atoms with Crippen LogP contribution in [0.1, 0.15) is 15.4 Å². The fraction of sp³-hybridized carbons (Fsp3) is 0.200. The zero-order valence-electron chi connectivity index (χ0n) is 9.11. The second kappa shape index (κ2) is 4.89. The van der Waals surface area contributed by atoms with Crippen molar-refractivity contribution in [3.63, 3.8) is 0 Å². The van der Waals surface area contributed by atoms with Crippen molar-refractivity contribution in [2.45, 2.75) is 6.92 Å². The van der Waals surface area contributed by atoms with Crippen LogP contribution in [0.15, 0.2) is 20.4 Å². The lowest BCUT2D eigenvalue weighted by molar-refractivity contribution is 0.102. The van der Waals surface area contributed by atoms with Gasteiger partial charge in [0, 0.05) is 11.4 Å². The van der Waals surface area contributed by atoms with Crippen LogP contribution < -0.4 is 10.1 Å². The highest BCUT2D eigenvalue weighted by Gasteiger charge is 2.18. The summed E-state index contributed by atoms with van der Waals surface area (Å²) in [6.07, 6.45) is 0. The summed E-state index contributed by atoms with van der Waals surface area (Å²) in [6, 6.07) is 1.65. The molecule has 2 rings (SSSR count). The summed E-state index contributed by atoms with van der Waals surface area (Å²) in [5, 5.41) is 8.12. The highest BCUT2D eigenvalue weighted by molar-refractivity contribution is 9.10. The van der Waals surface area contributed by atoms with Gasteiger partial charge >= 0.3 is 0 Å². The fourth-order valence-corrected chi connectivity index (χ4v) is 2.83. The molecule has 90 valence electrons. The quantitative estimate of drug-likeness (QED) is 0.945. The first-order valence-electron chi connectivity index (χ1n) is 4.67. The van der Waals surface area contributed by atoms with Gasteiger partial charge in [0.15, 0.2) is 11.6 Å². The van der Waals surface area contributed by atoms with Gasteiger partial charge in [-0.3, -0.25) is 4.79 Å². The van der Waals surface area contributed by atoms with Gasteiger partial charge in [0.1, 0.15) is 10.6 Å². The molecule has 0 bridgehead atoms. The SMILES string of the molecule is COc1c(Br)csc1C(=O)Nc1cc(C)on1. The molecular weight excluding hydrogens is 308 g/mol. The maximum atomic E-state index is 11.9. The number of anilines is 1. The van der Waals surface area contributed by atoms with Gasteiger partial charge in [-0.1, -0.05) is 5.16 Å². The third kappa shape index (κ3) is 2.50. The van der Waals surface area contributed by atoms with Gasteiger partial charge in [-0.2, -0.15) is 0 Å². The molecule has 0 aliphatic carbocycles. The molecule has 0 aliphatic rings. The van der Waals surface area contributed by atoms with E-state index in [2.05, 4.69) is 26.4 Å². The van der Waals surface area contributed by atoms with Crippen molar-refractivity contribution in [1.29, 1.82) is 0 Å². The van der Waals surface area contributed by atoms with Crippen molar-refractivity contribution in [2.75, 3.05) is 12.4 Å². The molecule has 0 atom stereocenters. The fourth-order valence-electron chi connectivity index (χ4n) is 1.27. The topological polar surface area (TPSA) is 64.4 Å². The number of amides is 1. The molecule has 0 aromatic carbocycles. The highest BCUT2D eigenvalue weighted by atomic mass is 79.9. The van der Waals surface area contributed by atoms with E-state index in [0.29, 0.717) is 22.2 Å². The zero-order valence-corrected chi connectivity index (χ0v) is 11.5. The Morgan fingerprint density at radius 3 is 3.00 bits per heavy atom. The lowest BCUT2D eigenvalue weighted by atomic mass is 10.4. The smallest absolute Gasteiger partial charge is 0.270 e. The molecule has 17 heavy (non-hydrogen) atoms. The molecule has 7 heteroatoms. The number of carbonyl (C=O) groups excluding carboxylic acids is 1. The van der Waals surface area contributed by atoms with Crippen LogP contribution >= 0.6 is 27.3 Å². The van der Waals surface area contributed by atoms with Gasteiger partial charge in [0.25, 0.3) is 5.91 Å². The molecule has 0 saturated heterocycles. The van der Waals surface area contributed by atoms with E-state index >= 15 is 0 Å². The lowest BCUT2D eigenvalue weighted by Crippen LogP contribution is -2.11. The summed E-state index contributed by atoms with van der Waals surface area (Å²) < 4.78 is 10.8. The Hall–Kier alpha value is -1.34. The monoisotopic (exact) mass is 316 g/mol. The first-order valence-corrected chi connectivity index (χ1v) is 6.34. The van der Waals surface area contributed by atoms with E-state index in [1.165, 1.54) is 18.4 Å². The first kappa shape index (κ1) is 12.1. The van der Waals surface area contributed by atoms with Crippen molar-refractivity contribution in [3.05, 3.63) is 26.6 Å². The van der Waals surface area contributed by atoms with Crippen LogP contribution in [0, 0.1) is 6.92 Å². The van der Waals surface area contributed by atoms with Gasteiger partial charge in [-0.15, -0.1) is 11.3 Å². The van der Waals surface area contributed by atoms with E-state index in [4.69, 9.17) is 9.26 Å². The molecular formula is C10H9BrN2O3S. The van der Waals surface area contributed by atoms with Gasteiger partial charge in [-0.05, 0) is 22.9 Å². The maximum absolute atomic E-state index is 11.9. The number of nitrogens with one attached hydrogen (secondary N) is 1. The van der Waals surface area contributed by atoms with E-state index < -0.39 is 0 Å². The van der Waals surface area contributed by atoms with E-state index in [-0.39, 0.29) is 5.91 Å². The number of aryl methyl sites for hydroxylation is 1. The number of carbonyl (C=O) groups is 1. The van der Waals surface area contributed by atoms with Crippen LogP contribution in [0.25, 0.3) is 0 Å².